The molecule has 0 radical (unpaired) electrons. The number of carboxylic acids is 1. The summed E-state index contributed by atoms with van der Waals surface area (Å²) >= 11 is 1.66. The van der Waals surface area contributed by atoms with Crippen molar-refractivity contribution < 1.29 is 9.90 Å². The molecule has 0 bridgehead atoms. The second-order valence-electron chi connectivity index (χ2n) is 4.19. The molecule has 0 spiro atoms. The van der Waals surface area contributed by atoms with Crippen molar-refractivity contribution in [3.63, 3.8) is 0 Å². The van der Waals surface area contributed by atoms with Gasteiger partial charge in [-0.05, 0) is 25.4 Å². The van der Waals surface area contributed by atoms with Crippen LogP contribution in [0.3, 0.4) is 0 Å². The number of rotatable bonds is 5. The van der Waals surface area contributed by atoms with Crippen molar-refractivity contribution >= 4 is 17.3 Å². The molecule has 4 nitrogen and oxygen atoms in total. The van der Waals surface area contributed by atoms with Crippen molar-refractivity contribution in [2.45, 2.75) is 25.7 Å². The lowest BCUT2D eigenvalue weighted by Crippen LogP contribution is -2.10. The fourth-order valence-electron chi connectivity index (χ4n) is 1.93. The molecule has 1 fully saturated rings. The Morgan fingerprint density at radius 1 is 1.69 bits per heavy atom. The summed E-state index contributed by atoms with van der Waals surface area (Å²) in [6.45, 7) is 2.20. The Kier molecular flexibility index (Phi) is 3.90. The molecule has 5 heteroatoms. The molecule has 2 N–H and O–H groups in total. The first-order valence-corrected chi connectivity index (χ1v) is 6.48. The van der Waals surface area contributed by atoms with E-state index >= 15 is 0 Å². The highest BCUT2D eigenvalue weighted by molar-refractivity contribution is 7.09. The number of thiazole rings is 1. The molecule has 2 rings (SSSR count). The fraction of sp³-hybridized carbons (Fsp3) is 0.636. The number of aryl methyl sites for hydroxylation is 1. The van der Waals surface area contributed by atoms with Crippen LogP contribution in [0, 0.1) is 5.92 Å². The van der Waals surface area contributed by atoms with E-state index in [1.165, 1.54) is 6.42 Å². The van der Waals surface area contributed by atoms with E-state index in [0.29, 0.717) is 12.3 Å². The van der Waals surface area contributed by atoms with Crippen molar-refractivity contribution in [2.24, 2.45) is 5.92 Å². The Morgan fingerprint density at radius 2 is 2.56 bits per heavy atom. The van der Waals surface area contributed by atoms with Gasteiger partial charge in [-0.25, -0.2) is 4.98 Å². The molecule has 0 saturated carbocycles. The van der Waals surface area contributed by atoms with Gasteiger partial charge in [-0.15, -0.1) is 11.3 Å². The van der Waals surface area contributed by atoms with Gasteiger partial charge in [0.05, 0.1) is 17.1 Å². The standard InChI is InChI=1S/C11H16N2O2S/c14-11(15)2-1-9-7-16-10(13-9)5-8-3-4-12-6-8/h7-8,12H,1-6H2,(H,14,15). The molecule has 1 saturated heterocycles. The monoisotopic (exact) mass is 240 g/mol. The second kappa shape index (κ2) is 5.41. The van der Waals surface area contributed by atoms with E-state index in [1.54, 1.807) is 11.3 Å². The van der Waals surface area contributed by atoms with Crippen LogP contribution in [0.1, 0.15) is 23.5 Å². The lowest BCUT2D eigenvalue weighted by molar-refractivity contribution is -0.136. The molecule has 16 heavy (non-hydrogen) atoms. The van der Waals surface area contributed by atoms with Crippen molar-refractivity contribution in [3.05, 3.63) is 16.1 Å². The quantitative estimate of drug-likeness (QED) is 0.814. The Morgan fingerprint density at radius 3 is 3.25 bits per heavy atom. The van der Waals surface area contributed by atoms with Crippen molar-refractivity contribution in [3.8, 4) is 0 Å². The third-order valence-corrected chi connectivity index (χ3v) is 3.74. The molecular weight excluding hydrogens is 224 g/mol. The predicted molar refractivity (Wildman–Crippen MR) is 62.8 cm³/mol. The Balaban J connectivity index is 1.84. The summed E-state index contributed by atoms with van der Waals surface area (Å²) in [6.07, 6.45) is 2.98. The van der Waals surface area contributed by atoms with Gasteiger partial charge < -0.3 is 10.4 Å². The summed E-state index contributed by atoms with van der Waals surface area (Å²) in [5.41, 5.74) is 0.924. The van der Waals surface area contributed by atoms with E-state index in [2.05, 4.69) is 10.3 Å². The van der Waals surface area contributed by atoms with Crippen LogP contribution >= 0.6 is 11.3 Å². The molecule has 1 aromatic rings. The van der Waals surface area contributed by atoms with E-state index in [4.69, 9.17) is 5.11 Å². The first-order chi connectivity index (χ1) is 7.74. The van der Waals surface area contributed by atoms with Gasteiger partial charge in [0.25, 0.3) is 0 Å². The van der Waals surface area contributed by atoms with E-state index in [1.807, 2.05) is 5.38 Å². The summed E-state index contributed by atoms with van der Waals surface area (Å²) in [5, 5.41) is 15.1. The topological polar surface area (TPSA) is 62.2 Å². The Labute approximate surface area is 98.7 Å². The first-order valence-electron chi connectivity index (χ1n) is 5.60. The maximum atomic E-state index is 10.4. The van der Waals surface area contributed by atoms with Crippen LogP contribution in [0.4, 0.5) is 0 Å². The number of aromatic nitrogens is 1. The van der Waals surface area contributed by atoms with Gasteiger partial charge in [0.1, 0.15) is 0 Å². The normalized spacial score (nSPS) is 20.1. The number of nitrogens with one attached hydrogen (secondary N) is 1. The van der Waals surface area contributed by atoms with E-state index in [9.17, 15) is 4.79 Å². The van der Waals surface area contributed by atoms with Crippen LogP contribution in [0.15, 0.2) is 5.38 Å². The smallest absolute Gasteiger partial charge is 0.303 e. The van der Waals surface area contributed by atoms with Gasteiger partial charge in [0.2, 0.25) is 0 Å². The Bertz CT molecular complexity index is 359. The number of aliphatic carboxylic acids is 1. The minimum absolute atomic E-state index is 0.175. The van der Waals surface area contributed by atoms with E-state index < -0.39 is 5.97 Å². The van der Waals surface area contributed by atoms with Crippen LogP contribution in [0.5, 0.6) is 0 Å². The highest BCUT2D eigenvalue weighted by Crippen LogP contribution is 2.19. The molecule has 1 aromatic heterocycles. The maximum absolute atomic E-state index is 10.4. The summed E-state index contributed by atoms with van der Waals surface area (Å²) in [5.74, 6) is -0.0481. The number of carbonyl (C=O) groups is 1. The van der Waals surface area contributed by atoms with E-state index in [0.717, 1.165) is 30.2 Å². The van der Waals surface area contributed by atoms with Crippen molar-refractivity contribution in [1.82, 2.24) is 10.3 Å². The highest BCUT2D eigenvalue weighted by Gasteiger charge is 2.16. The number of nitrogens with zero attached hydrogens (tertiary/aromatic N) is 1. The zero-order valence-corrected chi connectivity index (χ0v) is 9.92. The van der Waals surface area contributed by atoms with Crippen LogP contribution in [0.25, 0.3) is 0 Å². The number of carboxylic acid groups (broad SMARTS) is 1. The van der Waals surface area contributed by atoms with Crippen LogP contribution in [0.2, 0.25) is 0 Å². The van der Waals surface area contributed by atoms with Gasteiger partial charge in [0, 0.05) is 18.2 Å². The van der Waals surface area contributed by atoms with E-state index in [-0.39, 0.29) is 6.42 Å². The molecule has 1 atom stereocenters. The molecule has 88 valence electrons. The fourth-order valence-corrected chi connectivity index (χ4v) is 2.87. The average molecular weight is 240 g/mol. The van der Waals surface area contributed by atoms with Gasteiger partial charge in [-0.1, -0.05) is 0 Å². The zero-order chi connectivity index (χ0) is 11.4. The molecule has 1 unspecified atom stereocenters. The summed E-state index contributed by atoms with van der Waals surface area (Å²) in [4.78, 5) is 14.9. The van der Waals surface area contributed by atoms with Gasteiger partial charge in [-0.2, -0.15) is 0 Å². The highest BCUT2D eigenvalue weighted by atomic mass is 32.1. The Hall–Kier alpha value is -0.940. The van der Waals surface area contributed by atoms with Crippen molar-refractivity contribution in [2.75, 3.05) is 13.1 Å². The van der Waals surface area contributed by atoms with Gasteiger partial charge in [0.15, 0.2) is 0 Å². The number of hydrogen-bond acceptors (Lipinski definition) is 4. The molecule has 1 aliphatic rings. The molecule has 1 aliphatic heterocycles. The second-order valence-corrected chi connectivity index (χ2v) is 5.13. The SMILES string of the molecule is O=C(O)CCc1csc(CC2CCNC2)n1. The third-order valence-electron chi connectivity index (χ3n) is 2.82. The van der Waals surface area contributed by atoms with Crippen molar-refractivity contribution in [1.29, 1.82) is 0 Å². The summed E-state index contributed by atoms with van der Waals surface area (Å²) in [7, 11) is 0. The molecule has 0 aliphatic carbocycles. The van der Waals surface area contributed by atoms with Crippen LogP contribution in [-0.2, 0) is 17.6 Å². The third kappa shape index (κ3) is 3.28. The minimum atomic E-state index is -0.755. The lowest BCUT2D eigenvalue weighted by atomic mass is 10.1. The predicted octanol–water partition coefficient (Wildman–Crippen LogP) is 1.31. The molecule has 2 heterocycles. The molecule has 0 amide bonds. The first kappa shape index (κ1) is 11.5. The zero-order valence-electron chi connectivity index (χ0n) is 9.11. The van der Waals surface area contributed by atoms with Crippen LogP contribution in [-0.4, -0.2) is 29.1 Å². The van der Waals surface area contributed by atoms with Gasteiger partial charge in [-0.3, -0.25) is 4.79 Å². The van der Waals surface area contributed by atoms with Gasteiger partial charge >= 0.3 is 5.97 Å². The maximum Gasteiger partial charge on any atom is 0.303 e. The number of hydrogen-bond donors (Lipinski definition) is 2. The molecule has 0 aromatic carbocycles. The lowest BCUT2D eigenvalue weighted by Gasteiger charge is -2.03. The largest absolute Gasteiger partial charge is 0.481 e. The average Bonchev–Trinajstić information content (AvgIpc) is 2.87. The molecular formula is C11H16N2O2S. The summed E-state index contributed by atoms with van der Waals surface area (Å²) < 4.78 is 0. The van der Waals surface area contributed by atoms with Crippen LogP contribution < -0.4 is 5.32 Å². The minimum Gasteiger partial charge on any atom is -0.481 e. The summed E-state index contributed by atoms with van der Waals surface area (Å²) in [6, 6.07) is 0.